The normalized spacial score (nSPS) is 19.7. The van der Waals surface area contributed by atoms with Crippen molar-refractivity contribution in [3.8, 4) is 0 Å². The summed E-state index contributed by atoms with van der Waals surface area (Å²) in [6.07, 6.45) is 13.0. The number of carbonyl (C=O) groups is 2. The zero-order valence-corrected chi connectivity index (χ0v) is 14.2. The van der Waals surface area contributed by atoms with Crippen LogP contribution in [0.4, 0.5) is 0 Å². The third-order valence-corrected chi connectivity index (χ3v) is 5.14. The van der Waals surface area contributed by atoms with Crippen LogP contribution in [0.15, 0.2) is 18.3 Å². The molecule has 1 aromatic rings. The van der Waals surface area contributed by atoms with Crippen LogP contribution in [0.1, 0.15) is 85.1 Å². The number of amides is 2. The van der Waals surface area contributed by atoms with E-state index in [1.54, 1.807) is 12.1 Å². The maximum atomic E-state index is 12.3. The van der Waals surface area contributed by atoms with E-state index in [9.17, 15) is 9.59 Å². The molecule has 2 aliphatic rings. The summed E-state index contributed by atoms with van der Waals surface area (Å²) >= 11 is 0. The van der Waals surface area contributed by atoms with Crippen LogP contribution < -0.4 is 10.6 Å². The summed E-state index contributed by atoms with van der Waals surface area (Å²) in [4.78, 5) is 28.7. The monoisotopic (exact) mass is 329 g/mol. The second-order valence-electron chi connectivity index (χ2n) is 7.05. The van der Waals surface area contributed by atoms with Crippen molar-refractivity contribution in [1.82, 2.24) is 15.6 Å². The maximum absolute atomic E-state index is 12.3. The first kappa shape index (κ1) is 16.9. The second kappa shape index (κ2) is 8.27. The average molecular weight is 329 g/mol. The van der Waals surface area contributed by atoms with Crippen molar-refractivity contribution in [1.29, 1.82) is 0 Å². The lowest BCUT2D eigenvalue weighted by molar-refractivity contribution is 0.0911. The highest BCUT2D eigenvalue weighted by atomic mass is 16.2. The summed E-state index contributed by atoms with van der Waals surface area (Å²) in [5.41, 5.74) is 0.907. The number of nitrogens with zero attached hydrogens (tertiary/aromatic N) is 1. The summed E-state index contributed by atoms with van der Waals surface area (Å²) in [5, 5.41) is 6.12. The van der Waals surface area contributed by atoms with Gasteiger partial charge in [0, 0.05) is 18.3 Å². The predicted molar refractivity (Wildman–Crippen MR) is 92.9 cm³/mol. The Bertz CT molecular complexity index is 507. The fourth-order valence-corrected chi connectivity index (χ4v) is 3.68. The Hall–Kier alpha value is -1.91. The van der Waals surface area contributed by atoms with Gasteiger partial charge in [-0.1, -0.05) is 38.5 Å². The molecule has 5 nitrogen and oxygen atoms in total. The molecule has 130 valence electrons. The predicted octanol–water partition coefficient (Wildman–Crippen LogP) is 3.21. The van der Waals surface area contributed by atoms with E-state index in [2.05, 4.69) is 15.6 Å². The molecule has 2 fully saturated rings. The molecule has 0 radical (unpaired) electrons. The number of rotatable bonds is 4. The van der Waals surface area contributed by atoms with Gasteiger partial charge in [-0.15, -0.1) is 0 Å². The third kappa shape index (κ3) is 4.56. The largest absolute Gasteiger partial charge is 0.349 e. The minimum atomic E-state index is -0.138. The molecule has 5 heteroatoms. The summed E-state index contributed by atoms with van der Waals surface area (Å²) in [6, 6.07) is 3.89. The Morgan fingerprint density at radius 3 is 1.83 bits per heavy atom. The minimum Gasteiger partial charge on any atom is -0.349 e. The Morgan fingerprint density at radius 1 is 0.792 bits per heavy atom. The van der Waals surface area contributed by atoms with Crippen molar-refractivity contribution in [3.63, 3.8) is 0 Å². The van der Waals surface area contributed by atoms with Gasteiger partial charge in [-0.2, -0.15) is 0 Å². The summed E-state index contributed by atoms with van der Waals surface area (Å²) in [7, 11) is 0. The molecule has 3 rings (SSSR count). The molecule has 2 N–H and O–H groups in total. The fraction of sp³-hybridized carbons (Fsp3) is 0.632. The fourth-order valence-electron chi connectivity index (χ4n) is 3.68. The molecule has 2 aliphatic carbocycles. The van der Waals surface area contributed by atoms with Gasteiger partial charge in [0.15, 0.2) is 0 Å². The van der Waals surface area contributed by atoms with Crippen molar-refractivity contribution >= 4 is 11.8 Å². The standard InChI is InChI=1S/C19H27N3O2/c23-18(21-15-7-3-1-4-8-15)14-11-12-17(20-13-14)19(24)22-16-9-5-2-6-10-16/h11-13,15-16H,1-10H2,(H,21,23)(H,22,24). The van der Waals surface area contributed by atoms with Crippen molar-refractivity contribution < 1.29 is 9.59 Å². The highest BCUT2D eigenvalue weighted by Crippen LogP contribution is 2.19. The van der Waals surface area contributed by atoms with Crippen LogP contribution in [0.3, 0.4) is 0 Å². The van der Waals surface area contributed by atoms with Gasteiger partial charge in [-0.05, 0) is 37.8 Å². The minimum absolute atomic E-state index is 0.0892. The van der Waals surface area contributed by atoms with Gasteiger partial charge in [0.1, 0.15) is 5.69 Å². The van der Waals surface area contributed by atoms with Crippen LogP contribution >= 0.6 is 0 Å². The SMILES string of the molecule is O=C(NC1CCCCC1)c1ccc(C(=O)NC2CCCCC2)nc1. The molecule has 0 unspecified atom stereocenters. The van der Waals surface area contributed by atoms with Gasteiger partial charge in [0.25, 0.3) is 11.8 Å². The molecule has 2 amide bonds. The smallest absolute Gasteiger partial charge is 0.270 e. The van der Waals surface area contributed by atoms with Crippen LogP contribution in [0, 0.1) is 0 Å². The van der Waals surface area contributed by atoms with Gasteiger partial charge >= 0.3 is 0 Å². The molecule has 24 heavy (non-hydrogen) atoms. The molecule has 0 atom stereocenters. The maximum Gasteiger partial charge on any atom is 0.270 e. The number of hydrogen-bond acceptors (Lipinski definition) is 3. The van der Waals surface area contributed by atoms with E-state index in [4.69, 9.17) is 0 Å². The number of nitrogens with one attached hydrogen (secondary N) is 2. The van der Waals surface area contributed by atoms with Crippen LogP contribution in [0.5, 0.6) is 0 Å². The van der Waals surface area contributed by atoms with Gasteiger partial charge in [-0.25, -0.2) is 0 Å². The third-order valence-electron chi connectivity index (χ3n) is 5.14. The lowest BCUT2D eigenvalue weighted by Crippen LogP contribution is -2.37. The van der Waals surface area contributed by atoms with E-state index in [-0.39, 0.29) is 23.9 Å². The highest BCUT2D eigenvalue weighted by Gasteiger charge is 2.19. The quantitative estimate of drug-likeness (QED) is 0.891. The van der Waals surface area contributed by atoms with Crippen molar-refractivity contribution in [3.05, 3.63) is 29.6 Å². The van der Waals surface area contributed by atoms with E-state index in [1.165, 1.54) is 44.7 Å². The Balaban J connectivity index is 1.53. The van der Waals surface area contributed by atoms with E-state index in [0.29, 0.717) is 11.3 Å². The van der Waals surface area contributed by atoms with E-state index < -0.39 is 0 Å². The molecule has 0 saturated heterocycles. The van der Waals surface area contributed by atoms with E-state index in [1.807, 2.05) is 0 Å². The Morgan fingerprint density at radius 2 is 1.33 bits per heavy atom. The van der Waals surface area contributed by atoms with Crippen LogP contribution in [-0.4, -0.2) is 28.9 Å². The van der Waals surface area contributed by atoms with Gasteiger partial charge in [0.05, 0.1) is 5.56 Å². The van der Waals surface area contributed by atoms with Gasteiger partial charge < -0.3 is 10.6 Å². The zero-order chi connectivity index (χ0) is 16.8. The Labute approximate surface area is 143 Å². The molecular weight excluding hydrogens is 302 g/mol. The first-order valence-electron chi connectivity index (χ1n) is 9.30. The zero-order valence-electron chi connectivity index (χ0n) is 14.2. The molecule has 1 aromatic heterocycles. The molecule has 0 aromatic carbocycles. The lowest BCUT2D eigenvalue weighted by atomic mass is 9.95. The van der Waals surface area contributed by atoms with E-state index >= 15 is 0 Å². The summed E-state index contributed by atoms with van der Waals surface area (Å²) < 4.78 is 0. The van der Waals surface area contributed by atoms with Crippen LogP contribution in [-0.2, 0) is 0 Å². The van der Waals surface area contributed by atoms with Crippen LogP contribution in [0.2, 0.25) is 0 Å². The first-order chi connectivity index (χ1) is 11.7. The second-order valence-corrected chi connectivity index (χ2v) is 7.05. The molecule has 0 bridgehead atoms. The summed E-state index contributed by atoms with van der Waals surface area (Å²) in [6.45, 7) is 0. The molecule has 2 saturated carbocycles. The molecule has 0 aliphatic heterocycles. The highest BCUT2D eigenvalue weighted by molar-refractivity contribution is 5.96. The first-order valence-corrected chi connectivity index (χ1v) is 9.30. The topological polar surface area (TPSA) is 71.1 Å². The lowest BCUT2D eigenvalue weighted by Gasteiger charge is -2.23. The van der Waals surface area contributed by atoms with Crippen molar-refractivity contribution in [2.24, 2.45) is 0 Å². The molecule has 1 heterocycles. The van der Waals surface area contributed by atoms with Crippen molar-refractivity contribution in [2.45, 2.75) is 76.3 Å². The van der Waals surface area contributed by atoms with Crippen molar-refractivity contribution in [2.75, 3.05) is 0 Å². The number of hydrogen-bond donors (Lipinski definition) is 2. The Kier molecular flexibility index (Phi) is 5.83. The van der Waals surface area contributed by atoms with Gasteiger partial charge in [-0.3, -0.25) is 14.6 Å². The molecular formula is C19H27N3O2. The number of aromatic nitrogens is 1. The summed E-state index contributed by atoms with van der Waals surface area (Å²) in [5.74, 6) is -0.227. The van der Waals surface area contributed by atoms with E-state index in [0.717, 1.165) is 25.7 Å². The average Bonchev–Trinajstić information content (AvgIpc) is 2.63. The number of pyridine rings is 1. The number of carbonyl (C=O) groups excluding carboxylic acids is 2. The molecule has 0 spiro atoms. The van der Waals surface area contributed by atoms with Crippen LogP contribution in [0.25, 0.3) is 0 Å². The van der Waals surface area contributed by atoms with Gasteiger partial charge in [0.2, 0.25) is 0 Å².